The maximum atomic E-state index is 13.6. The second kappa shape index (κ2) is 13.6. The Hall–Kier alpha value is -3.19. The molecule has 0 bridgehead atoms. The van der Waals surface area contributed by atoms with Crippen molar-refractivity contribution in [2.75, 3.05) is 6.54 Å². The SMILES string of the molecule is C=CC[C@H](C(N)=O)[C@@H](CC(C)C)C(=O)N[C@H]1CCCCN(Cc2cccc(-c3ccc(F)c(Cl)c3)c2)C1=O. The summed E-state index contributed by atoms with van der Waals surface area (Å²) >= 11 is 5.97. The Kier molecular flexibility index (Phi) is 10.5. The maximum absolute atomic E-state index is 13.6. The average molecular weight is 542 g/mol. The Morgan fingerprint density at radius 3 is 2.58 bits per heavy atom. The number of primary amides is 1. The highest BCUT2D eigenvalue weighted by Gasteiger charge is 2.35. The van der Waals surface area contributed by atoms with Gasteiger partial charge in [-0.05, 0) is 72.9 Å². The van der Waals surface area contributed by atoms with Crippen LogP contribution in [0, 0.1) is 23.6 Å². The van der Waals surface area contributed by atoms with Crippen LogP contribution in [-0.4, -0.2) is 35.2 Å². The molecular formula is C30H37ClFN3O3. The largest absolute Gasteiger partial charge is 0.369 e. The van der Waals surface area contributed by atoms with E-state index in [1.165, 1.54) is 6.07 Å². The van der Waals surface area contributed by atoms with Gasteiger partial charge >= 0.3 is 0 Å². The molecule has 0 saturated carbocycles. The molecule has 3 amide bonds. The number of carbonyl (C=O) groups is 3. The molecule has 3 rings (SSSR count). The first-order valence-electron chi connectivity index (χ1n) is 13.1. The topological polar surface area (TPSA) is 92.5 Å². The van der Waals surface area contributed by atoms with E-state index in [1.54, 1.807) is 23.1 Å². The molecule has 3 atom stereocenters. The summed E-state index contributed by atoms with van der Waals surface area (Å²) in [4.78, 5) is 40.8. The molecule has 0 spiro atoms. The molecule has 2 aromatic carbocycles. The lowest BCUT2D eigenvalue weighted by molar-refractivity contribution is -0.139. The van der Waals surface area contributed by atoms with Gasteiger partial charge < -0.3 is 16.0 Å². The smallest absolute Gasteiger partial charge is 0.245 e. The molecule has 8 heteroatoms. The summed E-state index contributed by atoms with van der Waals surface area (Å²) < 4.78 is 13.6. The van der Waals surface area contributed by atoms with E-state index in [0.29, 0.717) is 32.4 Å². The van der Waals surface area contributed by atoms with Crippen LogP contribution < -0.4 is 11.1 Å². The highest BCUT2D eigenvalue weighted by Crippen LogP contribution is 2.27. The van der Waals surface area contributed by atoms with Gasteiger partial charge in [-0.25, -0.2) is 4.39 Å². The van der Waals surface area contributed by atoms with Crippen LogP contribution in [-0.2, 0) is 20.9 Å². The van der Waals surface area contributed by atoms with E-state index < -0.39 is 29.6 Å². The Bertz CT molecular complexity index is 1170. The van der Waals surface area contributed by atoms with Crippen molar-refractivity contribution in [3.8, 4) is 11.1 Å². The lowest BCUT2D eigenvalue weighted by Gasteiger charge is -2.29. The first-order valence-corrected chi connectivity index (χ1v) is 13.5. The highest BCUT2D eigenvalue weighted by molar-refractivity contribution is 6.31. The zero-order valence-corrected chi connectivity index (χ0v) is 22.8. The molecule has 1 heterocycles. The van der Waals surface area contributed by atoms with Gasteiger partial charge in [0, 0.05) is 13.1 Å². The fraction of sp³-hybridized carbons (Fsp3) is 0.433. The van der Waals surface area contributed by atoms with Crippen molar-refractivity contribution in [2.45, 2.75) is 58.5 Å². The highest BCUT2D eigenvalue weighted by atomic mass is 35.5. The maximum Gasteiger partial charge on any atom is 0.245 e. The van der Waals surface area contributed by atoms with E-state index in [1.807, 2.05) is 38.1 Å². The number of benzene rings is 2. The molecule has 2 aromatic rings. The van der Waals surface area contributed by atoms with Gasteiger partial charge in [-0.15, -0.1) is 6.58 Å². The number of nitrogens with zero attached hydrogens (tertiary/aromatic N) is 1. The molecule has 0 aromatic heterocycles. The van der Waals surface area contributed by atoms with Gasteiger partial charge in [0.2, 0.25) is 17.7 Å². The number of likely N-dealkylation sites (tertiary alicyclic amines) is 1. The van der Waals surface area contributed by atoms with Crippen molar-refractivity contribution >= 4 is 29.3 Å². The number of carbonyl (C=O) groups excluding carboxylic acids is 3. The van der Waals surface area contributed by atoms with Crippen molar-refractivity contribution in [3.05, 3.63) is 71.5 Å². The number of amides is 3. The van der Waals surface area contributed by atoms with Crippen LogP contribution in [0.25, 0.3) is 11.1 Å². The predicted octanol–water partition coefficient (Wildman–Crippen LogP) is 5.48. The van der Waals surface area contributed by atoms with E-state index in [0.717, 1.165) is 29.5 Å². The first-order chi connectivity index (χ1) is 18.1. The summed E-state index contributed by atoms with van der Waals surface area (Å²) in [6, 6.07) is 11.6. The normalized spacial score (nSPS) is 17.6. The summed E-state index contributed by atoms with van der Waals surface area (Å²) in [5.41, 5.74) is 8.20. The number of nitrogens with one attached hydrogen (secondary N) is 1. The second-order valence-electron chi connectivity index (χ2n) is 10.4. The third kappa shape index (κ3) is 7.67. The summed E-state index contributed by atoms with van der Waals surface area (Å²) in [5, 5.41) is 3.00. The molecule has 6 nitrogen and oxygen atoms in total. The number of rotatable bonds is 11. The van der Waals surface area contributed by atoms with E-state index >= 15 is 0 Å². The Balaban J connectivity index is 1.76. The minimum absolute atomic E-state index is 0.0524. The lowest BCUT2D eigenvalue weighted by atomic mass is 9.82. The van der Waals surface area contributed by atoms with Gasteiger partial charge in [-0.2, -0.15) is 0 Å². The minimum Gasteiger partial charge on any atom is -0.369 e. The average Bonchev–Trinajstić information content (AvgIpc) is 3.04. The molecule has 1 saturated heterocycles. The van der Waals surface area contributed by atoms with Crippen molar-refractivity contribution in [1.82, 2.24) is 10.2 Å². The molecule has 3 N–H and O–H groups in total. The predicted molar refractivity (Wildman–Crippen MR) is 148 cm³/mol. The third-order valence-electron chi connectivity index (χ3n) is 6.98. The van der Waals surface area contributed by atoms with Crippen LogP contribution >= 0.6 is 11.6 Å². The van der Waals surface area contributed by atoms with Gasteiger partial charge in [0.25, 0.3) is 0 Å². The monoisotopic (exact) mass is 541 g/mol. The van der Waals surface area contributed by atoms with Gasteiger partial charge in [0.1, 0.15) is 11.9 Å². The molecule has 38 heavy (non-hydrogen) atoms. The Labute approximate surface area is 229 Å². The van der Waals surface area contributed by atoms with Gasteiger partial charge in [0.15, 0.2) is 0 Å². The fourth-order valence-corrected chi connectivity index (χ4v) is 5.22. The molecule has 0 unspecified atom stereocenters. The Morgan fingerprint density at radius 2 is 1.92 bits per heavy atom. The van der Waals surface area contributed by atoms with E-state index in [2.05, 4.69) is 11.9 Å². The zero-order valence-electron chi connectivity index (χ0n) is 22.1. The second-order valence-corrected chi connectivity index (χ2v) is 10.8. The quantitative estimate of drug-likeness (QED) is 0.369. The molecule has 1 aliphatic heterocycles. The van der Waals surface area contributed by atoms with Crippen LogP contribution in [0.1, 0.15) is 51.5 Å². The standard InChI is InChI=1S/C30H37ClFN3O3/c1-4-8-23(28(33)36)24(15-19(2)3)29(37)34-27-11-5-6-14-35(30(27)38)18-20-9-7-10-21(16-20)22-12-13-26(32)25(31)17-22/h4,7,9-10,12-13,16-17,19,23-24,27H,1,5-6,8,11,14-15,18H2,2-3H3,(H2,33,36)(H,34,37)/t23-,24+,27-/m0/s1. The zero-order chi connectivity index (χ0) is 27.8. The van der Waals surface area contributed by atoms with Crippen LogP contribution in [0.15, 0.2) is 55.1 Å². The summed E-state index contributed by atoms with van der Waals surface area (Å²) in [6.45, 7) is 8.63. The minimum atomic E-state index is -0.672. The Morgan fingerprint density at radius 1 is 1.18 bits per heavy atom. The number of nitrogens with two attached hydrogens (primary N) is 1. The van der Waals surface area contributed by atoms with Gasteiger partial charge in [0.05, 0.1) is 16.9 Å². The van der Waals surface area contributed by atoms with Crippen molar-refractivity contribution in [1.29, 1.82) is 0 Å². The van der Waals surface area contributed by atoms with E-state index in [4.69, 9.17) is 17.3 Å². The molecule has 204 valence electrons. The summed E-state index contributed by atoms with van der Waals surface area (Å²) in [7, 11) is 0. The van der Waals surface area contributed by atoms with E-state index in [-0.39, 0.29) is 22.8 Å². The number of halogens is 2. The van der Waals surface area contributed by atoms with Crippen LogP contribution in [0.4, 0.5) is 4.39 Å². The van der Waals surface area contributed by atoms with E-state index in [9.17, 15) is 18.8 Å². The van der Waals surface area contributed by atoms with Crippen LogP contribution in [0.2, 0.25) is 5.02 Å². The third-order valence-corrected chi connectivity index (χ3v) is 7.27. The number of allylic oxidation sites excluding steroid dienone is 1. The molecule has 0 radical (unpaired) electrons. The van der Waals surface area contributed by atoms with Gasteiger partial charge in [-0.3, -0.25) is 14.4 Å². The van der Waals surface area contributed by atoms with Crippen molar-refractivity contribution in [2.24, 2.45) is 23.5 Å². The van der Waals surface area contributed by atoms with Gasteiger partial charge in [-0.1, -0.05) is 55.8 Å². The lowest BCUT2D eigenvalue weighted by Crippen LogP contribution is -2.50. The molecule has 1 fully saturated rings. The van der Waals surface area contributed by atoms with Crippen molar-refractivity contribution in [3.63, 3.8) is 0 Å². The molecule has 0 aliphatic carbocycles. The fourth-order valence-electron chi connectivity index (χ4n) is 5.04. The van der Waals surface area contributed by atoms with Crippen LogP contribution in [0.5, 0.6) is 0 Å². The van der Waals surface area contributed by atoms with Crippen LogP contribution in [0.3, 0.4) is 0 Å². The summed E-state index contributed by atoms with van der Waals surface area (Å²) in [5.74, 6) is -2.61. The first kappa shape index (κ1) is 29.4. The summed E-state index contributed by atoms with van der Waals surface area (Å²) in [6.07, 6.45) is 4.54. The van der Waals surface area contributed by atoms with Crippen molar-refractivity contribution < 1.29 is 18.8 Å². The molecular weight excluding hydrogens is 505 g/mol. The number of hydrogen-bond donors (Lipinski definition) is 2. The molecule has 1 aliphatic rings. The number of hydrogen-bond acceptors (Lipinski definition) is 3.